The van der Waals surface area contributed by atoms with E-state index in [4.69, 9.17) is 0 Å². The number of carbonyl (C=O) groups is 2. The Morgan fingerprint density at radius 3 is 2.40 bits per heavy atom. The first kappa shape index (κ1) is 17.8. The summed E-state index contributed by atoms with van der Waals surface area (Å²) in [5.74, 6) is -2.57. The van der Waals surface area contributed by atoms with Crippen LogP contribution in [0.25, 0.3) is 0 Å². The summed E-state index contributed by atoms with van der Waals surface area (Å²) in [5.41, 5.74) is -0.264. The number of rotatable bonds is 4. The van der Waals surface area contributed by atoms with Crippen LogP contribution in [0.4, 0.5) is 8.78 Å². The quantitative estimate of drug-likeness (QED) is 0.900. The lowest BCUT2D eigenvalue weighted by Gasteiger charge is -2.38. The molecule has 0 aromatic heterocycles. The first-order valence-electron chi connectivity index (χ1n) is 8.79. The maximum Gasteiger partial charge on any atom is 0.254 e. The van der Waals surface area contributed by atoms with Gasteiger partial charge in [-0.3, -0.25) is 14.5 Å². The topological polar surface area (TPSA) is 52.7 Å². The zero-order valence-electron chi connectivity index (χ0n) is 14.1. The molecule has 25 heavy (non-hydrogen) atoms. The molecule has 0 radical (unpaired) electrons. The van der Waals surface area contributed by atoms with E-state index in [1.807, 2.05) is 0 Å². The minimum absolute atomic E-state index is 0.179. The van der Waals surface area contributed by atoms with Gasteiger partial charge in [-0.15, -0.1) is 0 Å². The van der Waals surface area contributed by atoms with Crippen molar-refractivity contribution in [2.45, 2.75) is 31.7 Å². The number of hydrogen-bond acceptors (Lipinski definition) is 3. The van der Waals surface area contributed by atoms with Gasteiger partial charge in [0.25, 0.3) is 5.91 Å². The highest BCUT2D eigenvalue weighted by molar-refractivity contribution is 5.96. The Morgan fingerprint density at radius 2 is 1.76 bits per heavy atom. The van der Waals surface area contributed by atoms with E-state index >= 15 is 0 Å². The molecule has 136 valence electrons. The first-order chi connectivity index (χ1) is 12.0. The fraction of sp³-hybridized carbons (Fsp3) is 0.556. The average Bonchev–Trinajstić information content (AvgIpc) is 3.14. The van der Waals surface area contributed by atoms with Gasteiger partial charge in [-0.05, 0) is 25.0 Å². The smallest absolute Gasteiger partial charge is 0.254 e. The standard InChI is InChI=1S/C18H23F2N3O2/c19-13-5-6-15(16(20)11-13)18(25)21-12-17(24)23-9-7-22(8-10-23)14-3-1-2-4-14/h5-6,11,14H,1-4,7-10,12H2,(H,21,25). The van der Waals surface area contributed by atoms with Gasteiger partial charge in [0.05, 0.1) is 12.1 Å². The third-order valence-corrected chi connectivity index (χ3v) is 5.08. The van der Waals surface area contributed by atoms with Crippen molar-refractivity contribution in [3.05, 3.63) is 35.4 Å². The van der Waals surface area contributed by atoms with Crippen LogP contribution in [0.1, 0.15) is 36.0 Å². The molecule has 2 amide bonds. The molecule has 2 fully saturated rings. The predicted octanol–water partition coefficient (Wildman–Crippen LogP) is 1.78. The van der Waals surface area contributed by atoms with Gasteiger partial charge in [0.1, 0.15) is 11.6 Å². The molecule has 1 saturated heterocycles. The molecule has 1 aromatic rings. The fourth-order valence-electron chi connectivity index (χ4n) is 3.64. The number of nitrogens with zero attached hydrogens (tertiary/aromatic N) is 2. The van der Waals surface area contributed by atoms with Gasteiger partial charge in [-0.25, -0.2) is 8.78 Å². The molecule has 1 saturated carbocycles. The lowest BCUT2D eigenvalue weighted by molar-refractivity contribution is -0.132. The number of halogens is 2. The van der Waals surface area contributed by atoms with Gasteiger partial charge in [0.15, 0.2) is 0 Å². The Kier molecular flexibility index (Phi) is 5.63. The number of nitrogens with one attached hydrogen (secondary N) is 1. The molecule has 0 bridgehead atoms. The van der Waals surface area contributed by atoms with Crippen LogP contribution in [-0.4, -0.2) is 60.4 Å². The van der Waals surface area contributed by atoms with Crippen molar-refractivity contribution in [3.8, 4) is 0 Å². The summed E-state index contributed by atoms with van der Waals surface area (Å²) < 4.78 is 26.4. The largest absolute Gasteiger partial charge is 0.343 e. The van der Waals surface area contributed by atoms with Gasteiger partial charge in [-0.2, -0.15) is 0 Å². The van der Waals surface area contributed by atoms with E-state index in [9.17, 15) is 18.4 Å². The summed E-state index contributed by atoms with van der Waals surface area (Å²) in [6.45, 7) is 2.83. The molecule has 1 N–H and O–H groups in total. The molecular weight excluding hydrogens is 328 g/mol. The zero-order valence-corrected chi connectivity index (χ0v) is 14.1. The second-order valence-corrected chi connectivity index (χ2v) is 6.66. The van der Waals surface area contributed by atoms with E-state index in [1.54, 1.807) is 4.90 Å². The van der Waals surface area contributed by atoms with Gasteiger partial charge in [0.2, 0.25) is 5.91 Å². The van der Waals surface area contributed by atoms with E-state index in [1.165, 1.54) is 25.7 Å². The van der Waals surface area contributed by atoms with Crippen molar-refractivity contribution in [3.63, 3.8) is 0 Å². The fourth-order valence-corrected chi connectivity index (χ4v) is 3.64. The van der Waals surface area contributed by atoms with Crippen molar-refractivity contribution in [1.82, 2.24) is 15.1 Å². The highest BCUT2D eigenvalue weighted by Gasteiger charge is 2.27. The van der Waals surface area contributed by atoms with Crippen molar-refractivity contribution in [2.75, 3.05) is 32.7 Å². The van der Waals surface area contributed by atoms with E-state index in [-0.39, 0.29) is 18.0 Å². The average molecular weight is 351 g/mol. The van der Waals surface area contributed by atoms with Crippen molar-refractivity contribution in [2.24, 2.45) is 0 Å². The second kappa shape index (κ2) is 7.91. The molecule has 7 heteroatoms. The van der Waals surface area contributed by atoms with Crippen LogP contribution in [0.3, 0.4) is 0 Å². The Bertz CT molecular complexity index is 639. The highest BCUT2D eigenvalue weighted by Crippen LogP contribution is 2.24. The summed E-state index contributed by atoms with van der Waals surface area (Å²) in [4.78, 5) is 28.4. The van der Waals surface area contributed by atoms with Gasteiger partial charge >= 0.3 is 0 Å². The van der Waals surface area contributed by atoms with Crippen LogP contribution in [0.15, 0.2) is 18.2 Å². The van der Waals surface area contributed by atoms with Crippen LogP contribution in [-0.2, 0) is 4.79 Å². The maximum atomic E-state index is 13.6. The lowest BCUT2D eigenvalue weighted by atomic mass is 10.1. The first-order valence-corrected chi connectivity index (χ1v) is 8.79. The van der Waals surface area contributed by atoms with Crippen LogP contribution < -0.4 is 5.32 Å². The monoisotopic (exact) mass is 351 g/mol. The van der Waals surface area contributed by atoms with Gasteiger partial charge < -0.3 is 10.2 Å². The molecule has 1 aliphatic heterocycles. The minimum Gasteiger partial charge on any atom is -0.343 e. The van der Waals surface area contributed by atoms with Crippen molar-refractivity contribution >= 4 is 11.8 Å². The SMILES string of the molecule is O=C(NCC(=O)N1CCN(C2CCCC2)CC1)c1ccc(F)cc1F. The summed E-state index contributed by atoms with van der Waals surface area (Å²) in [6, 6.07) is 3.39. The van der Waals surface area contributed by atoms with Crippen LogP contribution >= 0.6 is 0 Å². The van der Waals surface area contributed by atoms with Gasteiger partial charge in [-0.1, -0.05) is 12.8 Å². The third kappa shape index (κ3) is 4.34. The lowest BCUT2D eigenvalue weighted by Crippen LogP contribution is -2.53. The van der Waals surface area contributed by atoms with Crippen molar-refractivity contribution in [1.29, 1.82) is 0 Å². The predicted molar refractivity (Wildman–Crippen MR) is 89.1 cm³/mol. The van der Waals surface area contributed by atoms with Crippen molar-refractivity contribution < 1.29 is 18.4 Å². The van der Waals surface area contributed by atoms with E-state index in [0.29, 0.717) is 25.2 Å². The number of benzene rings is 1. The number of hydrogen-bond donors (Lipinski definition) is 1. The van der Waals surface area contributed by atoms with Crippen LogP contribution in [0.5, 0.6) is 0 Å². The molecule has 2 aliphatic rings. The zero-order chi connectivity index (χ0) is 17.8. The number of carbonyl (C=O) groups excluding carboxylic acids is 2. The highest BCUT2D eigenvalue weighted by atomic mass is 19.1. The molecule has 0 unspecified atom stereocenters. The molecule has 5 nitrogen and oxygen atoms in total. The third-order valence-electron chi connectivity index (χ3n) is 5.08. The number of piperazine rings is 1. The summed E-state index contributed by atoms with van der Waals surface area (Å²) in [7, 11) is 0. The Labute approximate surface area is 146 Å². The van der Waals surface area contributed by atoms with E-state index in [2.05, 4.69) is 10.2 Å². The summed E-state index contributed by atoms with van der Waals surface area (Å²) in [6.07, 6.45) is 5.06. The molecule has 0 atom stereocenters. The molecule has 1 aromatic carbocycles. The van der Waals surface area contributed by atoms with E-state index < -0.39 is 17.5 Å². The molecule has 3 rings (SSSR count). The maximum absolute atomic E-state index is 13.6. The van der Waals surface area contributed by atoms with Crippen LogP contribution in [0, 0.1) is 11.6 Å². The molecule has 1 aliphatic carbocycles. The summed E-state index contributed by atoms with van der Waals surface area (Å²) >= 11 is 0. The molecule has 0 spiro atoms. The number of amides is 2. The molecular formula is C18H23F2N3O2. The Morgan fingerprint density at radius 1 is 1.08 bits per heavy atom. The van der Waals surface area contributed by atoms with Gasteiger partial charge in [0, 0.05) is 38.3 Å². The van der Waals surface area contributed by atoms with E-state index in [0.717, 1.165) is 25.2 Å². The molecule has 1 heterocycles. The minimum atomic E-state index is -0.935. The summed E-state index contributed by atoms with van der Waals surface area (Å²) in [5, 5.41) is 2.42. The Balaban J connectivity index is 1.45. The normalized spacial score (nSPS) is 19.2. The second-order valence-electron chi connectivity index (χ2n) is 6.66. The van der Waals surface area contributed by atoms with Crippen LogP contribution in [0.2, 0.25) is 0 Å². The Hall–Kier alpha value is -2.02.